The van der Waals surface area contributed by atoms with E-state index in [1.54, 1.807) is 0 Å². The van der Waals surface area contributed by atoms with Crippen molar-refractivity contribution in [2.75, 3.05) is 0 Å². The quantitative estimate of drug-likeness (QED) is 0.561. The summed E-state index contributed by atoms with van der Waals surface area (Å²) in [4.78, 5) is 0. The predicted molar refractivity (Wildman–Crippen MR) is 50.3 cm³/mol. The van der Waals surface area contributed by atoms with Crippen LogP contribution in [-0.4, -0.2) is 17.3 Å². The van der Waals surface area contributed by atoms with Gasteiger partial charge in [-0.3, -0.25) is 0 Å². The maximum Gasteiger partial charge on any atom is 0.118 e. The average Bonchev–Trinajstić information content (AvgIpc) is 2.98. The standard InChI is InChI=1S/C11H12O2/c1-2-9(12)11-10(13-11)8-6-4-3-5-7-8/h2-7,9-12H,1H2/t9-,10+,11-/m1/s1. The largest absolute Gasteiger partial charge is 0.386 e. The molecule has 3 atom stereocenters. The number of rotatable bonds is 3. The van der Waals surface area contributed by atoms with Gasteiger partial charge < -0.3 is 9.84 Å². The minimum atomic E-state index is -0.551. The van der Waals surface area contributed by atoms with Crippen molar-refractivity contribution in [3.05, 3.63) is 48.6 Å². The van der Waals surface area contributed by atoms with Gasteiger partial charge in [0.05, 0.1) is 0 Å². The summed E-state index contributed by atoms with van der Waals surface area (Å²) in [6.07, 6.45) is 0.910. The second-order valence-corrected chi connectivity index (χ2v) is 3.16. The molecule has 2 rings (SSSR count). The van der Waals surface area contributed by atoms with Crippen molar-refractivity contribution in [2.45, 2.75) is 18.3 Å². The molecule has 1 heterocycles. The van der Waals surface area contributed by atoms with E-state index in [-0.39, 0.29) is 12.2 Å². The third kappa shape index (κ3) is 1.64. The first-order valence-electron chi connectivity index (χ1n) is 4.34. The zero-order valence-electron chi connectivity index (χ0n) is 7.26. The molecule has 0 aromatic heterocycles. The van der Waals surface area contributed by atoms with Crippen LogP contribution in [0.5, 0.6) is 0 Å². The second kappa shape index (κ2) is 3.32. The SMILES string of the molecule is C=C[C@@H](O)[C@H]1O[C@H]1c1ccccc1. The lowest BCUT2D eigenvalue weighted by molar-refractivity contribution is 0.178. The maximum absolute atomic E-state index is 9.39. The molecule has 0 aliphatic carbocycles. The highest BCUT2D eigenvalue weighted by molar-refractivity contribution is 5.23. The molecule has 1 aromatic carbocycles. The van der Waals surface area contributed by atoms with Crippen molar-refractivity contribution in [1.29, 1.82) is 0 Å². The molecule has 1 aliphatic heterocycles. The van der Waals surface area contributed by atoms with Gasteiger partial charge in [0, 0.05) is 0 Å². The summed E-state index contributed by atoms with van der Waals surface area (Å²) in [5, 5.41) is 9.39. The van der Waals surface area contributed by atoms with Crippen molar-refractivity contribution in [2.24, 2.45) is 0 Å². The van der Waals surface area contributed by atoms with Crippen LogP contribution in [0.3, 0.4) is 0 Å². The molecule has 1 aromatic rings. The Morgan fingerprint density at radius 1 is 1.38 bits per heavy atom. The fourth-order valence-electron chi connectivity index (χ4n) is 1.43. The lowest BCUT2D eigenvalue weighted by Crippen LogP contribution is -2.10. The Morgan fingerprint density at radius 3 is 2.69 bits per heavy atom. The van der Waals surface area contributed by atoms with E-state index in [4.69, 9.17) is 4.74 Å². The van der Waals surface area contributed by atoms with Gasteiger partial charge in [-0.15, -0.1) is 6.58 Å². The third-order valence-corrected chi connectivity index (χ3v) is 2.23. The highest BCUT2D eigenvalue weighted by Crippen LogP contribution is 2.40. The van der Waals surface area contributed by atoms with Gasteiger partial charge in [0.2, 0.25) is 0 Å². The molecule has 1 fully saturated rings. The predicted octanol–water partition coefficient (Wildman–Crippen LogP) is 1.67. The topological polar surface area (TPSA) is 32.8 Å². The Hall–Kier alpha value is -1.12. The van der Waals surface area contributed by atoms with E-state index in [1.165, 1.54) is 6.08 Å². The summed E-state index contributed by atoms with van der Waals surface area (Å²) in [5.41, 5.74) is 1.12. The number of hydrogen-bond acceptors (Lipinski definition) is 2. The van der Waals surface area contributed by atoms with Crippen molar-refractivity contribution in [1.82, 2.24) is 0 Å². The Kier molecular flexibility index (Phi) is 2.17. The monoisotopic (exact) mass is 176 g/mol. The first kappa shape index (κ1) is 8.48. The summed E-state index contributed by atoms with van der Waals surface area (Å²) in [6.45, 7) is 3.52. The lowest BCUT2D eigenvalue weighted by Gasteiger charge is -1.98. The number of benzene rings is 1. The van der Waals surface area contributed by atoms with Crippen LogP contribution >= 0.6 is 0 Å². The van der Waals surface area contributed by atoms with Crippen LogP contribution in [0, 0.1) is 0 Å². The van der Waals surface area contributed by atoms with Gasteiger partial charge in [0.1, 0.15) is 18.3 Å². The Labute approximate surface area is 77.5 Å². The number of ether oxygens (including phenoxy) is 1. The molecule has 1 N–H and O–H groups in total. The smallest absolute Gasteiger partial charge is 0.118 e. The van der Waals surface area contributed by atoms with Crippen LogP contribution in [0.25, 0.3) is 0 Å². The number of epoxide rings is 1. The fraction of sp³-hybridized carbons (Fsp3) is 0.273. The maximum atomic E-state index is 9.39. The van der Waals surface area contributed by atoms with E-state index in [0.29, 0.717) is 0 Å². The van der Waals surface area contributed by atoms with E-state index in [9.17, 15) is 5.11 Å². The van der Waals surface area contributed by atoms with Crippen LogP contribution in [-0.2, 0) is 4.74 Å². The van der Waals surface area contributed by atoms with E-state index in [1.807, 2.05) is 30.3 Å². The van der Waals surface area contributed by atoms with Crippen molar-refractivity contribution >= 4 is 0 Å². The highest BCUT2D eigenvalue weighted by Gasteiger charge is 2.44. The van der Waals surface area contributed by atoms with Crippen LogP contribution in [0.2, 0.25) is 0 Å². The Balaban J connectivity index is 2.04. The van der Waals surface area contributed by atoms with Gasteiger partial charge >= 0.3 is 0 Å². The fourth-order valence-corrected chi connectivity index (χ4v) is 1.43. The molecule has 68 valence electrons. The summed E-state index contributed by atoms with van der Waals surface area (Å²) in [5.74, 6) is 0. The van der Waals surface area contributed by atoms with Gasteiger partial charge in [0.15, 0.2) is 0 Å². The third-order valence-electron chi connectivity index (χ3n) is 2.23. The van der Waals surface area contributed by atoms with E-state index >= 15 is 0 Å². The molecular weight excluding hydrogens is 164 g/mol. The molecule has 0 radical (unpaired) electrons. The molecule has 0 amide bonds. The molecule has 0 spiro atoms. The minimum Gasteiger partial charge on any atom is -0.386 e. The van der Waals surface area contributed by atoms with Gasteiger partial charge in [-0.2, -0.15) is 0 Å². The molecule has 0 bridgehead atoms. The van der Waals surface area contributed by atoms with Crippen molar-refractivity contribution in [3.8, 4) is 0 Å². The highest BCUT2D eigenvalue weighted by atomic mass is 16.6. The lowest BCUT2D eigenvalue weighted by atomic mass is 10.1. The molecule has 13 heavy (non-hydrogen) atoms. The van der Waals surface area contributed by atoms with E-state index in [2.05, 4.69) is 6.58 Å². The molecule has 0 saturated carbocycles. The van der Waals surface area contributed by atoms with Gasteiger partial charge in [-0.05, 0) is 5.56 Å². The Bertz CT molecular complexity index is 294. The van der Waals surface area contributed by atoms with Gasteiger partial charge in [-0.25, -0.2) is 0 Å². The van der Waals surface area contributed by atoms with Crippen LogP contribution < -0.4 is 0 Å². The molecule has 1 aliphatic rings. The molecule has 0 unspecified atom stereocenters. The van der Waals surface area contributed by atoms with Crippen LogP contribution in [0.15, 0.2) is 43.0 Å². The summed E-state index contributed by atoms with van der Waals surface area (Å²) in [6, 6.07) is 9.90. The van der Waals surface area contributed by atoms with E-state index < -0.39 is 6.10 Å². The van der Waals surface area contributed by atoms with Crippen LogP contribution in [0.1, 0.15) is 11.7 Å². The van der Waals surface area contributed by atoms with Gasteiger partial charge in [-0.1, -0.05) is 36.4 Å². The summed E-state index contributed by atoms with van der Waals surface area (Å²) < 4.78 is 5.33. The van der Waals surface area contributed by atoms with Gasteiger partial charge in [0.25, 0.3) is 0 Å². The molecule has 2 nitrogen and oxygen atoms in total. The summed E-state index contributed by atoms with van der Waals surface area (Å²) in [7, 11) is 0. The first-order valence-corrected chi connectivity index (χ1v) is 4.34. The average molecular weight is 176 g/mol. The number of aliphatic hydroxyl groups is 1. The zero-order chi connectivity index (χ0) is 9.26. The normalized spacial score (nSPS) is 28.1. The number of hydrogen-bond donors (Lipinski definition) is 1. The second-order valence-electron chi connectivity index (χ2n) is 3.16. The van der Waals surface area contributed by atoms with E-state index in [0.717, 1.165) is 5.56 Å². The summed E-state index contributed by atoms with van der Waals surface area (Å²) >= 11 is 0. The molecule has 2 heteroatoms. The van der Waals surface area contributed by atoms with Crippen molar-refractivity contribution in [3.63, 3.8) is 0 Å². The molecular formula is C11H12O2. The first-order chi connectivity index (χ1) is 6.33. The Morgan fingerprint density at radius 2 is 2.08 bits per heavy atom. The zero-order valence-corrected chi connectivity index (χ0v) is 7.26. The van der Waals surface area contributed by atoms with Crippen molar-refractivity contribution < 1.29 is 9.84 Å². The number of aliphatic hydroxyl groups excluding tert-OH is 1. The molecule has 1 saturated heterocycles. The minimum absolute atomic E-state index is 0.0502. The van der Waals surface area contributed by atoms with Crippen LogP contribution in [0.4, 0.5) is 0 Å².